The number of carbonyl (C=O) groups excluding carboxylic acids is 2. The summed E-state index contributed by atoms with van der Waals surface area (Å²) in [5.74, 6) is -0.312. The average Bonchev–Trinajstić information content (AvgIpc) is 2.29. The molecule has 0 radical (unpaired) electrons. The molecule has 1 aromatic rings. The number of ether oxygens (including phenoxy) is 1. The number of amides is 2. The van der Waals surface area contributed by atoms with Crippen molar-refractivity contribution in [2.75, 3.05) is 19.0 Å². The lowest BCUT2D eigenvalue weighted by atomic mass is 10.3. The van der Waals surface area contributed by atoms with Gasteiger partial charge in [0.15, 0.2) is 0 Å². The lowest BCUT2D eigenvalue weighted by Gasteiger charge is -2.05. The normalized spacial score (nSPS) is 9.38. The molecule has 16 heavy (non-hydrogen) atoms. The average molecular weight is 287 g/mol. The molecule has 2 N–H and O–H groups in total. The molecule has 0 atom stereocenters. The van der Waals surface area contributed by atoms with Gasteiger partial charge in [-0.2, -0.15) is 0 Å². The first-order chi connectivity index (χ1) is 7.61. The van der Waals surface area contributed by atoms with Crippen molar-refractivity contribution >= 4 is 33.6 Å². The Morgan fingerprint density at radius 2 is 1.94 bits per heavy atom. The number of methoxy groups -OCH3 is 1. The number of alkyl carbamates (subject to hydrolysis) is 1. The summed E-state index contributed by atoms with van der Waals surface area (Å²) in [5.41, 5.74) is 0.667. The fraction of sp³-hybridized carbons (Fsp3) is 0.200. The summed E-state index contributed by atoms with van der Waals surface area (Å²) >= 11 is 3.28. The Morgan fingerprint density at radius 1 is 1.31 bits per heavy atom. The van der Waals surface area contributed by atoms with Gasteiger partial charge >= 0.3 is 6.09 Å². The molecule has 0 saturated carbocycles. The van der Waals surface area contributed by atoms with Crippen LogP contribution in [0.3, 0.4) is 0 Å². The number of benzene rings is 1. The second kappa shape index (κ2) is 6.12. The zero-order chi connectivity index (χ0) is 12.0. The van der Waals surface area contributed by atoms with E-state index < -0.39 is 6.09 Å². The molecule has 0 aliphatic heterocycles. The highest BCUT2D eigenvalue weighted by Crippen LogP contribution is 2.13. The van der Waals surface area contributed by atoms with Crippen LogP contribution in [0.2, 0.25) is 0 Å². The van der Waals surface area contributed by atoms with Crippen LogP contribution in [-0.4, -0.2) is 25.7 Å². The molecule has 86 valence electrons. The summed E-state index contributed by atoms with van der Waals surface area (Å²) in [4.78, 5) is 22.0. The van der Waals surface area contributed by atoms with Crippen molar-refractivity contribution in [1.29, 1.82) is 0 Å². The van der Waals surface area contributed by atoms with Crippen LogP contribution in [0.25, 0.3) is 0 Å². The molecule has 0 saturated heterocycles. The van der Waals surface area contributed by atoms with Crippen molar-refractivity contribution < 1.29 is 14.3 Å². The molecular weight excluding hydrogens is 276 g/mol. The summed E-state index contributed by atoms with van der Waals surface area (Å²) < 4.78 is 5.26. The number of nitrogens with one attached hydrogen (secondary N) is 2. The molecule has 0 aliphatic carbocycles. The van der Waals surface area contributed by atoms with E-state index in [-0.39, 0.29) is 12.5 Å². The van der Waals surface area contributed by atoms with Crippen LogP contribution in [0.4, 0.5) is 10.5 Å². The van der Waals surface area contributed by atoms with Gasteiger partial charge in [0.1, 0.15) is 6.54 Å². The van der Waals surface area contributed by atoms with Crippen LogP contribution in [0.15, 0.2) is 28.7 Å². The maximum absolute atomic E-state index is 11.3. The van der Waals surface area contributed by atoms with Crippen molar-refractivity contribution in [1.82, 2.24) is 5.32 Å². The topological polar surface area (TPSA) is 67.4 Å². The van der Waals surface area contributed by atoms with Crippen molar-refractivity contribution in [2.24, 2.45) is 0 Å². The van der Waals surface area contributed by atoms with Gasteiger partial charge in [0, 0.05) is 10.2 Å². The third-order valence-corrected chi connectivity index (χ3v) is 2.24. The second-order valence-electron chi connectivity index (χ2n) is 2.90. The Balaban J connectivity index is 2.40. The van der Waals surface area contributed by atoms with E-state index in [9.17, 15) is 9.59 Å². The smallest absolute Gasteiger partial charge is 0.407 e. The Labute approximate surface area is 101 Å². The molecule has 1 rings (SSSR count). The number of rotatable bonds is 3. The van der Waals surface area contributed by atoms with Gasteiger partial charge in [-0.1, -0.05) is 15.9 Å². The van der Waals surface area contributed by atoms with Gasteiger partial charge in [0.05, 0.1) is 7.11 Å². The molecular formula is C10H11BrN2O3. The maximum atomic E-state index is 11.3. The molecule has 2 amide bonds. The Hall–Kier alpha value is -1.56. The van der Waals surface area contributed by atoms with Crippen molar-refractivity contribution in [3.63, 3.8) is 0 Å². The molecule has 5 nitrogen and oxygen atoms in total. The quantitative estimate of drug-likeness (QED) is 0.890. The molecule has 0 spiro atoms. The molecule has 0 fully saturated rings. The first kappa shape index (κ1) is 12.5. The molecule has 1 aromatic carbocycles. The highest BCUT2D eigenvalue weighted by molar-refractivity contribution is 9.10. The first-order valence-corrected chi connectivity index (χ1v) is 5.28. The Kier molecular flexibility index (Phi) is 4.78. The summed E-state index contributed by atoms with van der Waals surface area (Å²) in [6.45, 7) is -0.122. The largest absolute Gasteiger partial charge is 0.453 e. The van der Waals surface area contributed by atoms with Crippen LogP contribution in [0.5, 0.6) is 0 Å². The van der Waals surface area contributed by atoms with Gasteiger partial charge in [0.2, 0.25) is 5.91 Å². The second-order valence-corrected chi connectivity index (χ2v) is 3.82. The van der Waals surface area contributed by atoms with Gasteiger partial charge in [-0.05, 0) is 24.3 Å². The molecule has 0 aliphatic rings. The predicted molar refractivity (Wildman–Crippen MR) is 63.2 cm³/mol. The molecule has 0 aromatic heterocycles. The summed E-state index contributed by atoms with van der Waals surface area (Å²) in [7, 11) is 1.24. The summed E-state index contributed by atoms with van der Waals surface area (Å²) in [6, 6.07) is 7.12. The van der Waals surface area contributed by atoms with Crippen LogP contribution < -0.4 is 10.6 Å². The van der Waals surface area contributed by atoms with Gasteiger partial charge in [-0.25, -0.2) is 4.79 Å². The van der Waals surface area contributed by atoms with Gasteiger partial charge in [-0.3, -0.25) is 4.79 Å². The highest BCUT2D eigenvalue weighted by Gasteiger charge is 2.04. The van der Waals surface area contributed by atoms with E-state index in [1.807, 2.05) is 12.1 Å². The molecule has 6 heteroatoms. The Morgan fingerprint density at radius 3 is 2.50 bits per heavy atom. The summed E-state index contributed by atoms with van der Waals surface area (Å²) in [6.07, 6.45) is -0.633. The fourth-order valence-corrected chi connectivity index (χ4v) is 1.23. The first-order valence-electron chi connectivity index (χ1n) is 4.49. The Bertz CT molecular complexity index is 378. The van der Waals surface area contributed by atoms with Gasteiger partial charge in [-0.15, -0.1) is 0 Å². The van der Waals surface area contributed by atoms with Crippen LogP contribution in [0, 0.1) is 0 Å². The van der Waals surface area contributed by atoms with E-state index in [1.54, 1.807) is 12.1 Å². The zero-order valence-corrected chi connectivity index (χ0v) is 10.2. The number of hydrogen-bond donors (Lipinski definition) is 2. The van der Waals surface area contributed by atoms with Crippen molar-refractivity contribution in [3.05, 3.63) is 28.7 Å². The monoisotopic (exact) mass is 286 g/mol. The zero-order valence-electron chi connectivity index (χ0n) is 8.62. The fourth-order valence-electron chi connectivity index (χ4n) is 0.963. The van der Waals surface area contributed by atoms with Gasteiger partial charge < -0.3 is 15.4 Å². The lowest BCUT2D eigenvalue weighted by Crippen LogP contribution is -2.32. The highest BCUT2D eigenvalue weighted by atomic mass is 79.9. The van der Waals surface area contributed by atoms with Crippen molar-refractivity contribution in [3.8, 4) is 0 Å². The third-order valence-electron chi connectivity index (χ3n) is 1.71. The minimum absolute atomic E-state index is 0.122. The third kappa shape index (κ3) is 4.31. The molecule has 0 heterocycles. The lowest BCUT2D eigenvalue weighted by molar-refractivity contribution is -0.115. The number of carbonyl (C=O) groups is 2. The van der Waals surface area contributed by atoms with E-state index >= 15 is 0 Å². The van der Waals surface area contributed by atoms with Crippen LogP contribution in [-0.2, 0) is 9.53 Å². The van der Waals surface area contributed by atoms with Crippen LogP contribution >= 0.6 is 15.9 Å². The standard InChI is InChI=1S/C10H11BrN2O3/c1-16-10(15)12-6-9(14)13-8-4-2-7(11)3-5-8/h2-5H,6H2,1H3,(H,12,15)(H,13,14). The predicted octanol–water partition coefficient (Wildman–Crippen LogP) is 1.74. The van der Waals surface area contributed by atoms with E-state index in [2.05, 4.69) is 31.3 Å². The van der Waals surface area contributed by atoms with Crippen LogP contribution in [0.1, 0.15) is 0 Å². The van der Waals surface area contributed by atoms with Gasteiger partial charge in [0.25, 0.3) is 0 Å². The van der Waals surface area contributed by atoms with E-state index in [1.165, 1.54) is 7.11 Å². The van der Waals surface area contributed by atoms with E-state index in [0.717, 1.165) is 4.47 Å². The number of halogens is 1. The van der Waals surface area contributed by atoms with E-state index in [4.69, 9.17) is 0 Å². The van der Waals surface area contributed by atoms with Crippen molar-refractivity contribution in [2.45, 2.75) is 0 Å². The maximum Gasteiger partial charge on any atom is 0.407 e. The van der Waals surface area contributed by atoms with E-state index in [0.29, 0.717) is 5.69 Å². The SMILES string of the molecule is COC(=O)NCC(=O)Nc1ccc(Br)cc1. The minimum atomic E-state index is -0.633. The molecule has 0 bridgehead atoms. The number of anilines is 1. The molecule has 0 unspecified atom stereocenters. The summed E-state index contributed by atoms with van der Waals surface area (Å²) in [5, 5.41) is 4.90. The minimum Gasteiger partial charge on any atom is -0.453 e. The number of hydrogen-bond acceptors (Lipinski definition) is 3.